The van der Waals surface area contributed by atoms with E-state index >= 15 is 0 Å². The first kappa shape index (κ1) is 14.9. The average molecular weight is 269 g/mol. The van der Waals surface area contributed by atoms with Crippen LogP contribution in [-0.2, 0) is 0 Å². The van der Waals surface area contributed by atoms with Gasteiger partial charge in [-0.1, -0.05) is 12.5 Å². The summed E-state index contributed by atoms with van der Waals surface area (Å²) in [7, 11) is 3.57. The van der Waals surface area contributed by atoms with E-state index in [-0.39, 0.29) is 5.96 Å². The molecule has 0 radical (unpaired) electrons. The van der Waals surface area contributed by atoms with Gasteiger partial charge >= 0.3 is 0 Å². The minimum atomic E-state index is 0.247. The molecule has 1 aliphatic rings. The molecule has 5 nitrogen and oxygen atoms in total. The van der Waals surface area contributed by atoms with E-state index in [0.717, 1.165) is 6.42 Å². The molecule has 1 aliphatic heterocycles. The number of thioether (sulfide) groups is 1. The standard InChI is InChI=1S/C12H23N5S/c1-8-7-18-9(2)10(8)5-6-15-11(13)16-12(14)17(3)4/h7,9-10H,5-6H2,1-4H3,(H4,13,14,15,16). The van der Waals surface area contributed by atoms with Gasteiger partial charge in [-0.2, -0.15) is 0 Å². The van der Waals surface area contributed by atoms with Crippen LogP contribution in [0, 0.1) is 11.3 Å². The third kappa shape index (κ3) is 4.25. The van der Waals surface area contributed by atoms with Gasteiger partial charge in [-0.05, 0) is 24.7 Å². The number of nitrogens with two attached hydrogens (primary N) is 1. The summed E-state index contributed by atoms with van der Waals surface area (Å²) in [4.78, 5) is 5.90. The van der Waals surface area contributed by atoms with E-state index in [4.69, 9.17) is 11.1 Å². The second-order valence-corrected chi connectivity index (χ2v) is 5.98. The van der Waals surface area contributed by atoms with Crippen molar-refractivity contribution in [3.05, 3.63) is 11.0 Å². The lowest BCUT2D eigenvalue weighted by Crippen LogP contribution is -2.43. The van der Waals surface area contributed by atoms with Gasteiger partial charge in [0.1, 0.15) is 0 Å². The van der Waals surface area contributed by atoms with Crippen LogP contribution in [0.5, 0.6) is 0 Å². The van der Waals surface area contributed by atoms with E-state index in [9.17, 15) is 0 Å². The number of rotatable bonds is 3. The Hall–Kier alpha value is -1.17. The molecular weight excluding hydrogens is 246 g/mol. The Morgan fingerprint density at radius 1 is 1.61 bits per heavy atom. The van der Waals surface area contributed by atoms with E-state index < -0.39 is 0 Å². The van der Waals surface area contributed by atoms with E-state index in [1.54, 1.807) is 19.0 Å². The maximum Gasteiger partial charge on any atom is 0.197 e. The SMILES string of the molecule is CC1=CSC(C)C1CCN=C(N)NC(=N)N(C)C. The fourth-order valence-corrected chi connectivity index (χ4v) is 2.97. The zero-order valence-corrected chi connectivity index (χ0v) is 12.3. The minimum absolute atomic E-state index is 0.247. The molecule has 1 rings (SSSR count). The summed E-state index contributed by atoms with van der Waals surface area (Å²) in [6.45, 7) is 5.11. The number of hydrogen-bond donors (Lipinski definition) is 3. The second-order valence-electron chi connectivity index (χ2n) is 4.73. The highest BCUT2D eigenvalue weighted by molar-refractivity contribution is 8.03. The van der Waals surface area contributed by atoms with Crippen molar-refractivity contribution in [2.45, 2.75) is 25.5 Å². The maximum absolute atomic E-state index is 7.58. The lowest BCUT2D eigenvalue weighted by atomic mass is 9.95. The van der Waals surface area contributed by atoms with Gasteiger partial charge in [-0.15, -0.1) is 11.8 Å². The van der Waals surface area contributed by atoms with Crippen LogP contribution in [0.1, 0.15) is 20.3 Å². The first-order valence-electron chi connectivity index (χ1n) is 6.06. The monoisotopic (exact) mass is 269 g/mol. The quantitative estimate of drug-likeness (QED) is 0.535. The molecule has 0 fully saturated rings. The van der Waals surface area contributed by atoms with Crippen LogP contribution >= 0.6 is 11.8 Å². The largest absolute Gasteiger partial charge is 0.370 e. The fourth-order valence-electron chi connectivity index (χ4n) is 1.83. The predicted octanol–water partition coefficient (Wildman–Crippen LogP) is 1.43. The molecule has 0 amide bonds. The van der Waals surface area contributed by atoms with Gasteiger partial charge in [0.15, 0.2) is 11.9 Å². The Labute approximate surface area is 113 Å². The van der Waals surface area contributed by atoms with E-state index in [1.165, 1.54) is 5.57 Å². The van der Waals surface area contributed by atoms with E-state index in [0.29, 0.717) is 23.7 Å². The van der Waals surface area contributed by atoms with Crippen molar-refractivity contribution in [2.24, 2.45) is 16.6 Å². The summed E-state index contributed by atoms with van der Waals surface area (Å²) in [5, 5.41) is 13.2. The third-order valence-corrected chi connectivity index (χ3v) is 4.30. The zero-order chi connectivity index (χ0) is 13.7. The minimum Gasteiger partial charge on any atom is -0.370 e. The van der Waals surface area contributed by atoms with Gasteiger partial charge in [0, 0.05) is 25.9 Å². The molecule has 0 aromatic rings. The van der Waals surface area contributed by atoms with Crippen LogP contribution in [0.4, 0.5) is 0 Å². The normalized spacial score (nSPS) is 23.8. The first-order chi connectivity index (χ1) is 8.41. The van der Waals surface area contributed by atoms with Crippen molar-refractivity contribution in [2.75, 3.05) is 20.6 Å². The second kappa shape index (κ2) is 6.68. The van der Waals surface area contributed by atoms with Gasteiger partial charge in [-0.25, -0.2) is 0 Å². The number of nitrogens with one attached hydrogen (secondary N) is 2. The molecule has 0 aromatic carbocycles. The molecule has 0 saturated heterocycles. The van der Waals surface area contributed by atoms with Crippen molar-refractivity contribution < 1.29 is 0 Å². The van der Waals surface area contributed by atoms with Crippen molar-refractivity contribution in [3.8, 4) is 0 Å². The Kier molecular flexibility index (Phi) is 5.53. The van der Waals surface area contributed by atoms with Gasteiger partial charge in [-0.3, -0.25) is 15.7 Å². The molecule has 6 heteroatoms. The highest BCUT2D eigenvalue weighted by atomic mass is 32.2. The number of hydrogen-bond acceptors (Lipinski definition) is 3. The molecular formula is C12H23N5S. The van der Waals surface area contributed by atoms with E-state index in [1.807, 2.05) is 11.8 Å². The number of guanidine groups is 2. The zero-order valence-electron chi connectivity index (χ0n) is 11.5. The topological polar surface area (TPSA) is 77.5 Å². The maximum atomic E-state index is 7.58. The number of aliphatic imine (C=N–C) groups is 1. The van der Waals surface area contributed by atoms with Crippen LogP contribution in [0.3, 0.4) is 0 Å². The Morgan fingerprint density at radius 3 is 2.78 bits per heavy atom. The summed E-state index contributed by atoms with van der Waals surface area (Å²) >= 11 is 1.89. The summed E-state index contributed by atoms with van der Waals surface area (Å²) in [6.07, 6.45) is 1.01. The van der Waals surface area contributed by atoms with Crippen LogP contribution in [0.2, 0.25) is 0 Å². The smallest absolute Gasteiger partial charge is 0.197 e. The molecule has 102 valence electrons. The summed E-state index contributed by atoms with van der Waals surface area (Å²) in [6, 6.07) is 0. The molecule has 1 heterocycles. The number of nitrogens with zero attached hydrogens (tertiary/aromatic N) is 2. The van der Waals surface area contributed by atoms with Gasteiger partial charge < -0.3 is 10.6 Å². The molecule has 0 saturated carbocycles. The molecule has 2 atom stereocenters. The molecule has 4 N–H and O–H groups in total. The van der Waals surface area contributed by atoms with Gasteiger partial charge in [0.25, 0.3) is 0 Å². The Morgan fingerprint density at radius 2 is 2.28 bits per heavy atom. The Bertz CT molecular complexity index is 361. The average Bonchev–Trinajstić information content (AvgIpc) is 2.60. The van der Waals surface area contributed by atoms with Crippen molar-refractivity contribution in [1.29, 1.82) is 5.41 Å². The van der Waals surface area contributed by atoms with Crippen LogP contribution in [0.15, 0.2) is 16.0 Å². The Balaban J connectivity index is 2.36. The van der Waals surface area contributed by atoms with Crippen LogP contribution in [0.25, 0.3) is 0 Å². The highest BCUT2D eigenvalue weighted by Crippen LogP contribution is 2.36. The van der Waals surface area contributed by atoms with Crippen molar-refractivity contribution in [1.82, 2.24) is 10.2 Å². The van der Waals surface area contributed by atoms with Crippen LogP contribution in [-0.4, -0.2) is 42.7 Å². The lowest BCUT2D eigenvalue weighted by Gasteiger charge is -2.16. The lowest BCUT2D eigenvalue weighted by molar-refractivity contribution is 0.571. The summed E-state index contributed by atoms with van der Waals surface area (Å²) in [5.41, 5.74) is 7.16. The number of allylic oxidation sites excluding steroid dienone is 1. The van der Waals surface area contributed by atoms with Crippen LogP contribution < -0.4 is 11.1 Å². The van der Waals surface area contributed by atoms with Crippen molar-refractivity contribution >= 4 is 23.7 Å². The fraction of sp³-hybridized carbons (Fsp3) is 0.667. The summed E-state index contributed by atoms with van der Waals surface area (Å²) < 4.78 is 0. The van der Waals surface area contributed by atoms with Gasteiger partial charge in [0.05, 0.1) is 0 Å². The van der Waals surface area contributed by atoms with Gasteiger partial charge in [0.2, 0.25) is 0 Å². The first-order valence-corrected chi connectivity index (χ1v) is 7.01. The molecule has 0 bridgehead atoms. The predicted molar refractivity (Wildman–Crippen MR) is 80.0 cm³/mol. The molecule has 18 heavy (non-hydrogen) atoms. The summed E-state index contributed by atoms with van der Waals surface area (Å²) in [5.74, 6) is 1.16. The molecule has 0 aromatic heterocycles. The third-order valence-electron chi connectivity index (χ3n) is 3.04. The molecule has 0 spiro atoms. The van der Waals surface area contributed by atoms with Crippen molar-refractivity contribution in [3.63, 3.8) is 0 Å². The molecule has 2 unspecified atom stereocenters. The molecule has 0 aliphatic carbocycles. The highest BCUT2D eigenvalue weighted by Gasteiger charge is 2.23. The van der Waals surface area contributed by atoms with E-state index in [2.05, 4.69) is 29.6 Å².